The zero-order valence-corrected chi connectivity index (χ0v) is 10.9. The molecule has 0 saturated heterocycles. The summed E-state index contributed by atoms with van der Waals surface area (Å²) >= 11 is 5.91. The molecule has 94 valence electrons. The first-order valence-electron chi connectivity index (χ1n) is 5.83. The molecule has 0 fully saturated rings. The van der Waals surface area contributed by atoms with Crippen molar-refractivity contribution in [2.75, 3.05) is 0 Å². The molecule has 2 N–H and O–H groups in total. The summed E-state index contributed by atoms with van der Waals surface area (Å²) in [5.41, 5.74) is 8.81. The predicted molar refractivity (Wildman–Crippen MR) is 73.2 cm³/mol. The average molecular weight is 264 g/mol. The van der Waals surface area contributed by atoms with Crippen LogP contribution in [0.3, 0.4) is 0 Å². The molecule has 0 aliphatic rings. The second kappa shape index (κ2) is 5.51. The molecule has 1 unspecified atom stereocenters. The van der Waals surface area contributed by atoms with Crippen LogP contribution in [-0.4, -0.2) is 0 Å². The van der Waals surface area contributed by atoms with Gasteiger partial charge in [-0.3, -0.25) is 0 Å². The van der Waals surface area contributed by atoms with Crippen molar-refractivity contribution in [3.8, 4) is 0 Å². The van der Waals surface area contributed by atoms with E-state index in [1.165, 1.54) is 6.07 Å². The smallest absolute Gasteiger partial charge is 0.126 e. The van der Waals surface area contributed by atoms with Gasteiger partial charge in [0.15, 0.2) is 0 Å². The van der Waals surface area contributed by atoms with Crippen LogP contribution in [0.15, 0.2) is 42.5 Å². The second-order valence-corrected chi connectivity index (χ2v) is 4.84. The van der Waals surface area contributed by atoms with Gasteiger partial charge in [0.1, 0.15) is 5.82 Å². The Kier molecular flexibility index (Phi) is 4.00. The number of hydrogen-bond donors (Lipinski definition) is 1. The van der Waals surface area contributed by atoms with Crippen molar-refractivity contribution >= 4 is 11.6 Å². The Morgan fingerprint density at radius 3 is 2.61 bits per heavy atom. The van der Waals surface area contributed by atoms with Crippen molar-refractivity contribution in [2.24, 2.45) is 5.73 Å². The number of halogens is 2. The minimum Gasteiger partial charge on any atom is -0.324 e. The molecule has 0 spiro atoms. The molecule has 2 rings (SSSR count). The topological polar surface area (TPSA) is 26.0 Å². The molecular formula is C15H15ClFN. The molecule has 0 saturated carbocycles. The maximum Gasteiger partial charge on any atom is 0.126 e. The van der Waals surface area contributed by atoms with Crippen molar-refractivity contribution in [3.05, 3.63) is 70.0 Å². The Morgan fingerprint density at radius 2 is 1.94 bits per heavy atom. The Balaban J connectivity index is 2.22. The van der Waals surface area contributed by atoms with Crippen molar-refractivity contribution < 1.29 is 4.39 Å². The first kappa shape index (κ1) is 13.1. The number of benzene rings is 2. The molecular weight excluding hydrogens is 249 g/mol. The molecule has 0 aliphatic carbocycles. The van der Waals surface area contributed by atoms with Gasteiger partial charge in [-0.25, -0.2) is 4.39 Å². The van der Waals surface area contributed by atoms with Gasteiger partial charge >= 0.3 is 0 Å². The van der Waals surface area contributed by atoms with E-state index in [-0.39, 0.29) is 11.9 Å². The van der Waals surface area contributed by atoms with E-state index < -0.39 is 0 Å². The summed E-state index contributed by atoms with van der Waals surface area (Å²) < 4.78 is 13.6. The number of nitrogens with two attached hydrogens (primary N) is 1. The maximum atomic E-state index is 13.6. The minimum absolute atomic E-state index is 0.209. The molecule has 0 radical (unpaired) electrons. The van der Waals surface area contributed by atoms with Crippen LogP contribution in [0.4, 0.5) is 4.39 Å². The molecule has 2 aromatic carbocycles. The van der Waals surface area contributed by atoms with Crippen LogP contribution in [-0.2, 0) is 6.42 Å². The van der Waals surface area contributed by atoms with Crippen LogP contribution in [0, 0.1) is 12.7 Å². The largest absolute Gasteiger partial charge is 0.324 e. The third kappa shape index (κ3) is 2.89. The van der Waals surface area contributed by atoms with Crippen molar-refractivity contribution in [2.45, 2.75) is 19.4 Å². The van der Waals surface area contributed by atoms with Crippen molar-refractivity contribution in [3.63, 3.8) is 0 Å². The second-order valence-electron chi connectivity index (χ2n) is 4.40. The van der Waals surface area contributed by atoms with Gasteiger partial charge in [-0.05, 0) is 48.2 Å². The summed E-state index contributed by atoms with van der Waals surface area (Å²) in [4.78, 5) is 0. The highest BCUT2D eigenvalue weighted by Gasteiger charge is 2.12. The van der Waals surface area contributed by atoms with Crippen molar-refractivity contribution in [1.29, 1.82) is 0 Å². The van der Waals surface area contributed by atoms with E-state index in [2.05, 4.69) is 0 Å². The first-order chi connectivity index (χ1) is 8.58. The van der Waals surface area contributed by atoms with Crippen LogP contribution in [0.5, 0.6) is 0 Å². The van der Waals surface area contributed by atoms with Crippen LogP contribution in [0.2, 0.25) is 5.02 Å². The maximum absolute atomic E-state index is 13.6. The van der Waals surface area contributed by atoms with Gasteiger partial charge in [0.05, 0.1) is 0 Å². The van der Waals surface area contributed by atoms with Gasteiger partial charge in [-0.15, -0.1) is 0 Å². The van der Waals surface area contributed by atoms with E-state index in [1.807, 2.05) is 31.2 Å². The normalized spacial score (nSPS) is 12.4. The molecule has 3 heteroatoms. The van der Waals surface area contributed by atoms with Gasteiger partial charge < -0.3 is 5.73 Å². The quantitative estimate of drug-likeness (QED) is 0.889. The lowest BCUT2D eigenvalue weighted by Gasteiger charge is -2.15. The highest BCUT2D eigenvalue weighted by molar-refractivity contribution is 6.30. The fourth-order valence-electron chi connectivity index (χ4n) is 2.07. The molecule has 1 atom stereocenters. The van der Waals surface area contributed by atoms with Crippen molar-refractivity contribution in [1.82, 2.24) is 0 Å². The van der Waals surface area contributed by atoms with Gasteiger partial charge in [0.25, 0.3) is 0 Å². The highest BCUT2D eigenvalue weighted by Crippen LogP contribution is 2.23. The number of hydrogen-bond acceptors (Lipinski definition) is 1. The van der Waals surface area contributed by atoms with E-state index in [9.17, 15) is 4.39 Å². The standard InChI is InChI=1S/C15H15ClFN/c1-10-8-12(16)6-7-13(10)15(18)9-11-4-2-3-5-14(11)17/h2-8,15H,9,18H2,1H3. The number of aryl methyl sites for hydroxylation is 1. The summed E-state index contributed by atoms with van der Waals surface area (Å²) in [6, 6.07) is 12.1. The predicted octanol–water partition coefficient (Wildman–Crippen LogP) is 4.03. The average Bonchev–Trinajstić information content (AvgIpc) is 2.32. The Morgan fingerprint density at radius 1 is 1.22 bits per heavy atom. The lowest BCUT2D eigenvalue weighted by molar-refractivity contribution is 0.593. The molecule has 0 bridgehead atoms. The van der Waals surface area contributed by atoms with Crippen LogP contribution in [0.1, 0.15) is 22.7 Å². The van der Waals surface area contributed by atoms with Gasteiger partial charge in [0, 0.05) is 11.1 Å². The molecule has 18 heavy (non-hydrogen) atoms. The van der Waals surface area contributed by atoms with E-state index in [0.29, 0.717) is 17.0 Å². The fraction of sp³-hybridized carbons (Fsp3) is 0.200. The summed E-state index contributed by atoms with van der Waals surface area (Å²) in [5, 5.41) is 0.689. The SMILES string of the molecule is Cc1cc(Cl)ccc1C(N)Cc1ccccc1F. The van der Waals surface area contributed by atoms with E-state index >= 15 is 0 Å². The van der Waals surface area contributed by atoms with Crippen LogP contribution in [0.25, 0.3) is 0 Å². The van der Waals surface area contributed by atoms with Crippen LogP contribution >= 0.6 is 11.6 Å². The molecule has 1 nitrogen and oxygen atoms in total. The number of rotatable bonds is 3. The molecule has 2 aromatic rings. The van der Waals surface area contributed by atoms with Crippen LogP contribution < -0.4 is 5.73 Å². The van der Waals surface area contributed by atoms with E-state index in [1.54, 1.807) is 12.1 Å². The van der Waals surface area contributed by atoms with Gasteiger partial charge in [0.2, 0.25) is 0 Å². The summed E-state index contributed by atoms with van der Waals surface area (Å²) in [6.45, 7) is 1.96. The summed E-state index contributed by atoms with van der Waals surface area (Å²) in [7, 11) is 0. The lowest BCUT2D eigenvalue weighted by atomic mass is 9.96. The molecule has 0 aromatic heterocycles. The highest BCUT2D eigenvalue weighted by atomic mass is 35.5. The van der Waals surface area contributed by atoms with Gasteiger partial charge in [-0.1, -0.05) is 35.9 Å². The molecule has 0 amide bonds. The molecule has 0 heterocycles. The Labute approximate surface area is 111 Å². The fourth-order valence-corrected chi connectivity index (χ4v) is 2.29. The van der Waals surface area contributed by atoms with E-state index in [0.717, 1.165) is 11.1 Å². The zero-order chi connectivity index (χ0) is 13.1. The van der Waals surface area contributed by atoms with Gasteiger partial charge in [-0.2, -0.15) is 0 Å². The van der Waals surface area contributed by atoms with E-state index in [4.69, 9.17) is 17.3 Å². The Bertz CT molecular complexity index is 554. The monoisotopic (exact) mass is 263 g/mol. The Hall–Kier alpha value is -1.38. The third-order valence-corrected chi connectivity index (χ3v) is 3.26. The summed E-state index contributed by atoms with van der Waals surface area (Å²) in [6.07, 6.45) is 0.481. The third-order valence-electron chi connectivity index (χ3n) is 3.03. The first-order valence-corrected chi connectivity index (χ1v) is 6.21. The molecule has 0 aliphatic heterocycles. The lowest BCUT2D eigenvalue weighted by Crippen LogP contribution is -2.15. The summed E-state index contributed by atoms with van der Waals surface area (Å²) in [5.74, 6) is -0.209. The zero-order valence-electron chi connectivity index (χ0n) is 10.2. The minimum atomic E-state index is -0.223.